The Morgan fingerprint density at radius 3 is 2.58 bits per heavy atom. The van der Waals surface area contributed by atoms with Gasteiger partial charge in [-0.3, -0.25) is 0 Å². The van der Waals surface area contributed by atoms with Crippen molar-refractivity contribution in [3.8, 4) is 0 Å². The minimum atomic E-state index is -0.438. The zero-order valence-corrected chi connectivity index (χ0v) is 15.3. The van der Waals surface area contributed by atoms with E-state index in [1.54, 1.807) is 16.8 Å². The van der Waals surface area contributed by atoms with Crippen LogP contribution < -0.4 is 5.32 Å². The fourth-order valence-electron chi connectivity index (χ4n) is 2.61. The number of fused-ring (bicyclic) bond motifs is 1. The van der Waals surface area contributed by atoms with E-state index in [4.69, 9.17) is 0 Å². The number of rotatable bonds is 2. The van der Waals surface area contributed by atoms with Gasteiger partial charge < -0.3 is 5.32 Å². The highest BCUT2D eigenvalue weighted by Crippen LogP contribution is 2.34. The van der Waals surface area contributed by atoms with Gasteiger partial charge in [-0.05, 0) is 52.4 Å². The first-order valence-electron chi connectivity index (χ1n) is 7.09. The zero-order valence-electron chi connectivity index (χ0n) is 12.1. The number of nitrogens with one attached hydrogen (secondary N) is 1. The van der Waals surface area contributed by atoms with Crippen LogP contribution in [0.1, 0.15) is 17.2 Å². The molecule has 0 radical (unpaired) electrons. The van der Waals surface area contributed by atoms with Crippen molar-refractivity contribution in [1.82, 2.24) is 20.2 Å². The SMILES string of the molecule is Fc1ccc(Br)cc1C1C=C(c2ccc(Br)cc2)Nc2nnnn21. The van der Waals surface area contributed by atoms with Gasteiger partial charge in [0.25, 0.3) is 0 Å². The first-order chi connectivity index (χ1) is 11.6. The molecule has 0 amide bonds. The van der Waals surface area contributed by atoms with E-state index < -0.39 is 6.04 Å². The molecule has 0 saturated carbocycles. The van der Waals surface area contributed by atoms with Gasteiger partial charge in [0.15, 0.2) is 0 Å². The van der Waals surface area contributed by atoms with Gasteiger partial charge in [0, 0.05) is 20.2 Å². The van der Waals surface area contributed by atoms with E-state index in [-0.39, 0.29) is 5.82 Å². The van der Waals surface area contributed by atoms with Crippen LogP contribution in [-0.2, 0) is 0 Å². The molecule has 1 aliphatic heterocycles. The van der Waals surface area contributed by atoms with Crippen LogP contribution in [0.5, 0.6) is 0 Å². The molecule has 3 aromatic rings. The molecule has 4 rings (SSSR count). The first-order valence-corrected chi connectivity index (χ1v) is 8.68. The van der Waals surface area contributed by atoms with Crippen LogP contribution in [0, 0.1) is 5.82 Å². The molecule has 0 fully saturated rings. The summed E-state index contributed by atoms with van der Waals surface area (Å²) in [5, 5.41) is 14.9. The summed E-state index contributed by atoms with van der Waals surface area (Å²) in [5.74, 6) is 0.165. The second-order valence-corrected chi connectivity index (χ2v) is 7.10. The Kier molecular flexibility index (Phi) is 3.93. The molecule has 2 aromatic carbocycles. The lowest BCUT2D eigenvalue weighted by molar-refractivity contribution is 0.539. The van der Waals surface area contributed by atoms with E-state index in [1.165, 1.54) is 6.07 Å². The fraction of sp³-hybridized carbons (Fsp3) is 0.0625. The molecule has 8 heteroatoms. The Hall–Kier alpha value is -2.06. The lowest BCUT2D eigenvalue weighted by Gasteiger charge is -2.24. The number of halogens is 3. The summed E-state index contributed by atoms with van der Waals surface area (Å²) in [6, 6.07) is 12.2. The third-order valence-electron chi connectivity index (χ3n) is 3.76. The van der Waals surface area contributed by atoms with Crippen molar-refractivity contribution in [2.45, 2.75) is 6.04 Å². The predicted octanol–water partition coefficient (Wildman–Crippen LogP) is 4.39. The molecule has 1 atom stereocenters. The molecule has 2 heterocycles. The average molecular weight is 451 g/mol. The largest absolute Gasteiger partial charge is 0.323 e. The third kappa shape index (κ3) is 2.76. The van der Waals surface area contributed by atoms with Gasteiger partial charge in [0.05, 0.1) is 0 Å². The van der Waals surface area contributed by atoms with Crippen LogP contribution >= 0.6 is 31.9 Å². The number of anilines is 1. The second kappa shape index (κ2) is 6.10. The maximum Gasteiger partial charge on any atom is 0.248 e. The Labute approximate surface area is 153 Å². The molecule has 1 aromatic heterocycles. The molecular formula is C16H10Br2FN5. The minimum Gasteiger partial charge on any atom is -0.323 e. The molecule has 5 nitrogen and oxygen atoms in total. The number of benzene rings is 2. The quantitative estimate of drug-likeness (QED) is 0.628. The summed E-state index contributed by atoms with van der Waals surface area (Å²) >= 11 is 6.82. The van der Waals surface area contributed by atoms with Crippen molar-refractivity contribution >= 4 is 43.5 Å². The predicted molar refractivity (Wildman–Crippen MR) is 95.8 cm³/mol. The number of hydrogen-bond donors (Lipinski definition) is 1. The van der Waals surface area contributed by atoms with Crippen LogP contribution in [0.3, 0.4) is 0 Å². The highest BCUT2D eigenvalue weighted by molar-refractivity contribution is 9.10. The van der Waals surface area contributed by atoms with Gasteiger partial charge in [-0.25, -0.2) is 4.39 Å². The Balaban J connectivity index is 1.85. The van der Waals surface area contributed by atoms with Crippen molar-refractivity contribution in [3.05, 3.63) is 74.4 Å². The molecule has 24 heavy (non-hydrogen) atoms. The highest BCUT2D eigenvalue weighted by Gasteiger charge is 2.26. The number of aromatic nitrogens is 4. The first kappa shape index (κ1) is 15.5. The van der Waals surface area contributed by atoms with Crippen LogP contribution in [0.25, 0.3) is 5.70 Å². The van der Waals surface area contributed by atoms with Gasteiger partial charge in [0.2, 0.25) is 5.95 Å². The van der Waals surface area contributed by atoms with Gasteiger partial charge in [-0.15, -0.1) is 0 Å². The van der Waals surface area contributed by atoms with Crippen LogP contribution in [0.2, 0.25) is 0 Å². The van der Waals surface area contributed by atoms with Gasteiger partial charge >= 0.3 is 0 Å². The summed E-state index contributed by atoms with van der Waals surface area (Å²) in [4.78, 5) is 0. The molecule has 1 aliphatic rings. The van der Waals surface area contributed by atoms with Crippen molar-refractivity contribution in [3.63, 3.8) is 0 Å². The summed E-state index contributed by atoms with van der Waals surface area (Å²) in [7, 11) is 0. The van der Waals surface area contributed by atoms with Crippen LogP contribution in [-0.4, -0.2) is 20.2 Å². The topological polar surface area (TPSA) is 55.6 Å². The molecule has 0 saturated heterocycles. The minimum absolute atomic E-state index is 0.307. The highest BCUT2D eigenvalue weighted by atomic mass is 79.9. The van der Waals surface area contributed by atoms with E-state index in [0.717, 1.165) is 20.2 Å². The summed E-state index contributed by atoms with van der Waals surface area (Å²) < 4.78 is 17.7. The molecule has 0 spiro atoms. The van der Waals surface area contributed by atoms with E-state index in [9.17, 15) is 4.39 Å². The Bertz CT molecular complexity index is 936. The van der Waals surface area contributed by atoms with E-state index in [0.29, 0.717) is 11.5 Å². The van der Waals surface area contributed by atoms with E-state index >= 15 is 0 Å². The number of hydrogen-bond acceptors (Lipinski definition) is 4. The van der Waals surface area contributed by atoms with Gasteiger partial charge in [-0.2, -0.15) is 4.68 Å². The van der Waals surface area contributed by atoms with Crippen molar-refractivity contribution in [2.75, 3.05) is 5.32 Å². The van der Waals surface area contributed by atoms with Gasteiger partial charge in [-0.1, -0.05) is 49.1 Å². The number of tetrazole rings is 1. The fourth-order valence-corrected chi connectivity index (χ4v) is 3.26. The summed E-state index contributed by atoms with van der Waals surface area (Å²) in [5.41, 5.74) is 2.29. The third-order valence-corrected chi connectivity index (χ3v) is 4.78. The van der Waals surface area contributed by atoms with Crippen molar-refractivity contribution < 1.29 is 4.39 Å². The summed E-state index contributed by atoms with van der Waals surface area (Å²) in [6.07, 6.45) is 1.91. The standard InChI is InChI=1S/C16H10Br2FN5/c17-10-3-1-9(2-4-10)14-8-15(24-16(20-14)21-22-23-24)12-7-11(18)5-6-13(12)19/h1-8,15H,(H,20,21,23). The Morgan fingerprint density at radius 1 is 1.04 bits per heavy atom. The zero-order chi connectivity index (χ0) is 16.7. The normalized spacial score (nSPS) is 16.3. The smallest absolute Gasteiger partial charge is 0.248 e. The maximum atomic E-state index is 14.4. The lowest BCUT2D eigenvalue weighted by Crippen LogP contribution is -2.21. The molecular weight excluding hydrogens is 441 g/mol. The average Bonchev–Trinajstić information content (AvgIpc) is 3.05. The van der Waals surface area contributed by atoms with Crippen molar-refractivity contribution in [2.24, 2.45) is 0 Å². The molecule has 1 unspecified atom stereocenters. The van der Waals surface area contributed by atoms with Crippen LogP contribution in [0.4, 0.5) is 10.3 Å². The van der Waals surface area contributed by atoms with E-state index in [1.807, 2.05) is 30.3 Å². The second-order valence-electron chi connectivity index (χ2n) is 5.27. The van der Waals surface area contributed by atoms with Crippen molar-refractivity contribution in [1.29, 1.82) is 0 Å². The molecule has 0 aliphatic carbocycles. The van der Waals surface area contributed by atoms with E-state index in [2.05, 4.69) is 52.7 Å². The molecule has 120 valence electrons. The monoisotopic (exact) mass is 449 g/mol. The molecule has 1 N–H and O–H groups in total. The van der Waals surface area contributed by atoms with Gasteiger partial charge in [0.1, 0.15) is 11.9 Å². The lowest BCUT2D eigenvalue weighted by atomic mass is 10.0. The number of nitrogens with zero attached hydrogens (tertiary/aromatic N) is 4. The summed E-state index contributed by atoms with van der Waals surface area (Å²) in [6.45, 7) is 0. The maximum absolute atomic E-state index is 14.4. The molecule has 0 bridgehead atoms. The van der Waals surface area contributed by atoms with Crippen LogP contribution in [0.15, 0.2) is 57.5 Å². The number of allylic oxidation sites excluding steroid dienone is 1. The Morgan fingerprint density at radius 2 is 1.79 bits per heavy atom.